The van der Waals surface area contributed by atoms with Gasteiger partial charge in [-0.15, -0.1) is 12.4 Å². The van der Waals surface area contributed by atoms with Crippen LogP contribution in [0.15, 0.2) is 18.2 Å². The van der Waals surface area contributed by atoms with E-state index in [9.17, 15) is 0 Å². The minimum Gasteiger partial charge on any atom is -0.497 e. The number of fused-ring (bicyclic) bond motifs is 1. The molecule has 0 saturated carbocycles. The summed E-state index contributed by atoms with van der Waals surface area (Å²) in [6, 6.07) is 6.38. The zero-order chi connectivity index (χ0) is 9.10. The number of halogens is 1. The van der Waals surface area contributed by atoms with Gasteiger partial charge in [0.15, 0.2) is 0 Å². The average molecular weight is 214 g/mol. The second-order valence-corrected chi connectivity index (χ2v) is 3.38. The standard InChI is InChI=1S/C11H15NO.ClH/c1-13-11-3-2-9-4-6-12-7-5-10(9)8-11;/h2-3,8,12H,4-7H2,1H3;1H. The van der Waals surface area contributed by atoms with Crippen molar-refractivity contribution in [1.82, 2.24) is 5.32 Å². The maximum absolute atomic E-state index is 5.20. The zero-order valence-electron chi connectivity index (χ0n) is 8.38. The Morgan fingerprint density at radius 1 is 1.14 bits per heavy atom. The second-order valence-electron chi connectivity index (χ2n) is 3.38. The number of hydrogen-bond acceptors (Lipinski definition) is 2. The lowest BCUT2D eigenvalue weighted by molar-refractivity contribution is 0.414. The van der Waals surface area contributed by atoms with Gasteiger partial charge in [-0.25, -0.2) is 0 Å². The fourth-order valence-electron chi connectivity index (χ4n) is 1.78. The van der Waals surface area contributed by atoms with Crippen LogP contribution in [0.4, 0.5) is 0 Å². The van der Waals surface area contributed by atoms with Crippen LogP contribution < -0.4 is 10.1 Å². The molecule has 0 amide bonds. The van der Waals surface area contributed by atoms with Crippen molar-refractivity contribution in [1.29, 1.82) is 0 Å². The molecule has 2 nitrogen and oxygen atoms in total. The van der Waals surface area contributed by atoms with E-state index in [1.165, 1.54) is 11.1 Å². The van der Waals surface area contributed by atoms with Gasteiger partial charge in [-0.3, -0.25) is 0 Å². The summed E-state index contributed by atoms with van der Waals surface area (Å²) < 4.78 is 5.20. The first-order chi connectivity index (χ1) is 6.40. The molecule has 1 aliphatic rings. The lowest BCUT2D eigenvalue weighted by Crippen LogP contribution is -2.16. The number of nitrogens with one attached hydrogen (secondary N) is 1. The van der Waals surface area contributed by atoms with Gasteiger partial charge in [-0.1, -0.05) is 6.07 Å². The monoisotopic (exact) mass is 213 g/mol. The second kappa shape index (κ2) is 5.23. The fraction of sp³-hybridized carbons (Fsp3) is 0.455. The predicted molar refractivity (Wildman–Crippen MR) is 60.5 cm³/mol. The maximum Gasteiger partial charge on any atom is 0.119 e. The van der Waals surface area contributed by atoms with E-state index in [4.69, 9.17) is 4.74 Å². The van der Waals surface area contributed by atoms with Crippen LogP contribution in [0, 0.1) is 0 Å². The maximum atomic E-state index is 5.20. The normalized spacial score (nSPS) is 14.9. The lowest BCUT2D eigenvalue weighted by Gasteiger charge is -2.06. The Kier molecular flexibility index (Phi) is 4.23. The third-order valence-corrected chi connectivity index (χ3v) is 2.56. The highest BCUT2D eigenvalue weighted by Gasteiger charge is 2.07. The SMILES string of the molecule is COc1ccc2c(c1)CCNCC2.Cl. The number of hydrogen-bond donors (Lipinski definition) is 1. The van der Waals surface area contributed by atoms with Crippen molar-refractivity contribution in [2.24, 2.45) is 0 Å². The Morgan fingerprint density at radius 2 is 1.86 bits per heavy atom. The van der Waals surface area contributed by atoms with Crippen LogP contribution in [0.2, 0.25) is 0 Å². The van der Waals surface area contributed by atoms with Crippen LogP contribution in [-0.4, -0.2) is 20.2 Å². The van der Waals surface area contributed by atoms with Gasteiger partial charge in [0.25, 0.3) is 0 Å². The molecule has 0 atom stereocenters. The Morgan fingerprint density at radius 3 is 2.57 bits per heavy atom. The van der Waals surface area contributed by atoms with E-state index in [0.717, 1.165) is 31.7 Å². The zero-order valence-corrected chi connectivity index (χ0v) is 9.19. The van der Waals surface area contributed by atoms with Gasteiger partial charge < -0.3 is 10.1 Å². The van der Waals surface area contributed by atoms with E-state index in [-0.39, 0.29) is 12.4 Å². The van der Waals surface area contributed by atoms with E-state index in [1.54, 1.807) is 7.11 Å². The molecule has 0 aliphatic carbocycles. The smallest absolute Gasteiger partial charge is 0.119 e. The molecule has 1 N–H and O–H groups in total. The summed E-state index contributed by atoms with van der Waals surface area (Å²) in [7, 11) is 1.72. The molecule has 3 heteroatoms. The van der Waals surface area contributed by atoms with E-state index < -0.39 is 0 Å². The van der Waals surface area contributed by atoms with Crippen molar-refractivity contribution in [3.8, 4) is 5.75 Å². The Labute approximate surface area is 91.1 Å². The molecule has 1 heterocycles. The summed E-state index contributed by atoms with van der Waals surface area (Å²) >= 11 is 0. The Bertz CT molecular complexity index is 301. The molecule has 1 aromatic rings. The topological polar surface area (TPSA) is 21.3 Å². The number of ether oxygens (including phenoxy) is 1. The summed E-state index contributed by atoms with van der Waals surface area (Å²) in [6.45, 7) is 2.18. The Hall–Kier alpha value is -0.730. The molecule has 14 heavy (non-hydrogen) atoms. The van der Waals surface area contributed by atoms with Gasteiger partial charge in [0.05, 0.1) is 7.11 Å². The first-order valence-electron chi connectivity index (χ1n) is 4.76. The average Bonchev–Trinajstić information content (AvgIpc) is 2.41. The van der Waals surface area contributed by atoms with Crippen LogP contribution >= 0.6 is 12.4 Å². The van der Waals surface area contributed by atoms with Gasteiger partial charge in [-0.05, 0) is 49.2 Å². The van der Waals surface area contributed by atoms with Gasteiger partial charge >= 0.3 is 0 Å². The number of methoxy groups -OCH3 is 1. The fourth-order valence-corrected chi connectivity index (χ4v) is 1.78. The lowest BCUT2D eigenvalue weighted by atomic mass is 10.0. The molecule has 0 fully saturated rings. The Balaban J connectivity index is 0.000000980. The highest BCUT2D eigenvalue weighted by Crippen LogP contribution is 2.19. The van der Waals surface area contributed by atoms with Gasteiger partial charge in [-0.2, -0.15) is 0 Å². The largest absolute Gasteiger partial charge is 0.497 e. The minimum absolute atomic E-state index is 0. The van der Waals surface area contributed by atoms with E-state index in [1.807, 2.05) is 6.07 Å². The summed E-state index contributed by atoms with van der Waals surface area (Å²) in [6.07, 6.45) is 2.26. The molecule has 0 unspecified atom stereocenters. The van der Waals surface area contributed by atoms with Crippen molar-refractivity contribution >= 4 is 12.4 Å². The van der Waals surface area contributed by atoms with Crippen molar-refractivity contribution in [2.75, 3.05) is 20.2 Å². The van der Waals surface area contributed by atoms with Crippen LogP contribution in [0.5, 0.6) is 5.75 Å². The van der Waals surface area contributed by atoms with Gasteiger partial charge in [0, 0.05) is 0 Å². The van der Waals surface area contributed by atoms with E-state index in [2.05, 4.69) is 17.4 Å². The molecule has 1 aromatic carbocycles. The molecule has 0 radical (unpaired) electrons. The number of benzene rings is 1. The minimum atomic E-state index is 0. The molecule has 0 saturated heterocycles. The van der Waals surface area contributed by atoms with E-state index in [0.29, 0.717) is 0 Å². The van der Waals surface area contributed by atoms with Crippen LogP contribution in [-0.2, 0) is 12.8 Å². The summed E-state index contributed by atoms with van der Waals surface area (Å²) in [5.41, 5.74) is 2.90. The molecule has 0 spiro atoms. The van der Waals surface area contributed by atoms with Crippen molar-refractivity contribution in [2.45, 2.75) is 12.8 Å². The first kappa shape index (κ1) is 11.3. The molecule has 78 valence electrons. The van der Waals surface area contributed by atoms with Crippen LogP contribution in [0.3, 0.4) is 0 Å². The van der Waals surface area contributed by atoms with Crippen molar-refractivity contribution in [3.05, 3.63) is 29.3 Å². The molecule has 0 aromatic heterocycles. The quantitative estimate of drug-likeness (QED) is 0.769. The molecular weight excluding hydrogens is 198 g/mol. The summed E-state index contributed by atoms with van der Waals surface area (Å²) in [5.74, 6) is 0.973. The summed E-state index contributed by atoms with van der Waals surface area (Å²) in [4.78, 5) is 0. The van der Waals surface area contributed by atoms with Gasteiger partial charge in [0.1, 0.15) is 5.75 Å². The number of rotatable bonds is 1. The molecule has 2 rings (SSSR count). The first-order valence-corrected chi connectivity index (χ1v) is 4.76. The van der Waals surface area contributed by atoms with Gasteiger partial charge in [0.2, 0.25) is 0 Å². The third kappa shape index (κ3) is 2.40. The predicted octanol–water partition coefficient (Wildman–Crippen LogP) is 1.81. The molecule has 0 bridgehead atoms. The third-order valence-electron chi connectivity index (χ3n) is 2.56. The molecular formula is C11H16ClNO. The summed E-state index contributed by atoms with van der Waals surface area (Å²) in [5, 5.41) is 3.39. The highest BCUT2D eigenvalue weighted by molar-refractivity contribution is 5.85. The van der Waals surface area contributed by atoms with Crippen molar-refractivity contribution < 1.29 is 4.74 Å². The highest BCUT2D eigenvalue weighted by atomic mass is 35.5. The van der Waals surface area contributed by atoms with Crippen molar-refractivity contribution in [3.63, 3.8) is 0 Å². The molecule has 1 aliphatic heterocycles. The van der Waals surface area contributed by atoms with Crippen LogP contribution in [0.25, 0.3) is 0 Å². The van der Waals surface area contributed by atoms with E-state index >= 15 is 0 Å². The van der Waals surface area contributed by atoms with Crippen LogP contribution in [0.1, 0.15) is 11.1 Å².